The number of esters is 1. The molecule has 0 saturated heterocycles. The highest BCUT2D eigenvalue weighted by molar-refractivity contribution is 5.86. The fourth-order valence-corrected chi connectivity index (χ4v) is 0.947. The zero-order valence-corrected chi connectivity index (χ0v) is 8.19. The van der Waals surface area contributed by atoms with E-state index in [9.17, 15) is 4.79 Å². The van der Waals surface area contributed by atoms with E-state index in [0.29, 0.717) is 0 Å². The summed E-state index contributed by atoms with van der Waals surface area (Å²) in [6.07, 6.45) is 3.06. The summed E-state index contributed by atoms with van der Waals surface area (Å²) in [4.78, 5) is 10.8. The predicted octanol–water partition coefficient (Wildman–Crippen LogP) is 1.88. The van der Waals surface area contributed by atoms with Gasteiger partial charge in [-0.05, 0) is 23.8 Å². The van der Waals surface area contributed by atoms with Crippen molar-refractivity contribution in [3.8, 4) is 5.75 Å². The van der Waals surface area contributed by atoms with E-state index in [-0.39, 0.29) is 5.97 Å². The zero-order chi connectivity index (χ0) is 10.4. The van der Waals surface area contributed by atoms with Gasteiger partial charge in [0.25, 0.3) is 0 Å². The molecule has 0 saturated carbocycles. The summed E-state index contributed by atoms with van der Waals surface area (Å²) in [6, 6.07) is 7.38. The van der Waals surface area contributed by atoms with E-state index in [2.05, 4.69) is 4.74 Å². The molecule has 3 nitrogen and oxygen atoms in total. The van der Waals surface area contributed by atoms with Crippen molar-refractivity contribution >= 4 is 12.0 Å². The summed E-state index contributed by atoms with van der Waals surface area (Å²) in [6.45, 7) is 0. The van der Waals surface area contributed by atoms with Crippen LogP contribution < -0.4 is 4.74 Å². The summed E-state index contributed by atoms with van der Waals surface area (Å²) < 4.78 is 9.47. The Bertz CT molecular complexity index is 325. The summed E-state index contributed by atoms with van der Waals surface area (Å²) >= 11 is 0. The SMILES string of the molecule is COC(=O)/C=C\c1ccc(OC)cc1. The van der Waals surface area contributed by atoms with Crippen LogP contribution in [0.4, 0.5) is 0 Å². The van der Waals surface area contributed by atoms with Crippen LogP contribution in [0.5, 0.6) is 5.75 Å². The number of hydrogen-bond acceptors (Lipinski definition) is 3. The molecule has 0 spiro atoms. The van der Waals surface area contributed by atoms with Crippen molar-refractivity contribution in [2.45, 2.75) is 0 Å². The van der Waals surface area contributed by atoms with Gasteiger partial charge in [0.1, 0.15) is 5.75 Å². The van der Waals surface area contributed by atoms with Gasteiger partial charge in [0.05, 0.1) is 14.2 Å². The first-order valence-corrected chi connectivity index (χ1v) is 4.16. The number of hydrogen-bond donors (Lipinski definition) is 0. The molecule has 0 N–H and O–H groups in total. The molecule has 0 fully saturated rings. The van der Waals surface area contributed by atoms with Crippen molar-refractivity contribution in [3.05, 3.63) is 35.9 Å². The van der Waals surface area contributed by atoms with Gasteiger partial charge in [-0.2, -0.15) is 0 Å². The third kappa shape index (κ3) is 2.94. The number of rotatable bonds is 3. The second-order valence-electron chi connectivity index (χ2n) is 2.63. The van der Waals surface area contributed by atoms with Crippen LogP contribution in [0, 0.1) is 0 Å². The predicted molar refractivity (Wildman–Crippen MR) is 54.0 cm³/mol. The van der Waals surface area contributed by atoms with Gasteiger partial charge in [-0.25, -0.2) is 4.79 Å². The number of carbonyl (C=O) groups is 1. The lowest BCUT2D eigenvalue weighted by molar-refractivity contribution is -0.134. The zero-order valence-electron chi connectivity index (χ0n) is 8.19. The first-order valence-electron chi connectivity index (χ1n) is 4.16. The summed E-state index contributed by atoms with van der Waals surface area (Å²) in [5, 5.41) is 0. The minimum absolute atomic E-state index is 0.360. The fourth-order valence-electron chi connectivity index (χ4n) is 0.947. The molecule has 1 rings (SSSR count). The molecule has 0 heterocycles. The fraction of sp³-hybridized carbons (Fsp3) is 0.182. The highest BCUT2D eigenvalue weighted by Gasteiger charge is 1.92. The van der Waals surface area contributed by atoms with E-state index < -0.39 is 0 Å². The second kappa shape index (κ2) is 5.07. The van der Waals surface area contributed by atoms with Crippen LogP contribution in [0.25, 0.3) is 6.08 Å². The normalized spacial score (nSPS) is 10.1. The van der Waals surface area contributed by atoms with Gasteiger partial charge >= 0.3 is 5.97 Å². The number of methoxy groups -OCH3 is 2. The van der Waals surface area contributed by atoms with Gasteiger partial charge < -0.3 is 9.47 Å². The highest BCUT2D eigenvalue weighted by Crippen LogP contribution is 2.12. The third-order valence-corrected chi connectivity index (χ3v) is 1.73. The van der Waals surface area contributed by atoms with Crippen LogP contribution >= 0.6 is 0 Å². The molecule has 1 aromatic carbocycles. The van der Waals surface area contributed by atoms with E-state index in [4.69, 9.17) is 4.74 Å². The van der Waals surface area contributed by atoms with Gasteiger partial charge in [-0.1, -0.05) is 12.1 Å². The molecule has 0 amide bonds. The highest BCUT2D eigenvalue weighted by atomic mass is 16.5. The van der Waals surface area contributed by atoms with E-state index >= 15 is 0 Å². The maximum atomic E-state index is 10.8. The Morgan fingerprint density at radius 1 is 1.21 bits per heavy atom. The molecule has 74 valence electrons. The van der Waals surface area contributed by atoms with E-state index in [1.54, 1.807) is 13.2 Å². The molecule has 0 unspecified atom stereocenters. The third-order valence-electron chi connectivity index (χ3n) is 1.73. The minimum Gasteiger partial charge on any atom is -0.497 e. The molecular weight excluding hydrogens is 180 g/mol. The van der Waals surface area contributed by atoms with Crippen LogP contribution in [-0.4, -0.2) is 20.2 Å². The standard InChI is InChI=1S/C11H12O3/c1-13-10-6-3-9(4-7-10)5-8-11(12)14-2/h3-8H,1-2H3/b8-5-. The van der Waals surface area contributed by atoms with E-state index in [1.165, 1.54) is 13.2 Å². The Balaban J connectivity index is 2.68. The molecule has 0 bridgehead atoms. The maximum Gasteiger partial charge on any atom is 0.330 e. The number of benzene rings is 1. The molecule has 0 radical (unpaired) electrons. The van der Waals surface area contributed by atoms with E-state index in [0.717, 1.165) is 11.3 Å². The van der Waals surface area contributed by atoms with Crippen LogP contribution in [0.2, 0.25) is 0 Å². The largest absolute Gasteiger partial charge is 0.497 e. The Hall–Kier alpha value is -1.77. The summed E-state index contributed by atoms with van der Waals surface area (Å²) in [5.74, 6) is 0.432. The monoisotopic (exact) mass is 192 g/mol. The quantitative estimate of drug-likeness (QED) is 0.542. The molecule has 1 aromatic rings. The maximum absolute atomic E-state index is 10.8. The first kappa shape index (κ1) is 10.3. The van der Waals surface area contributed by atoms with Gasteiger partial charge in [0, 0.05) is 6.08 Å². The van der Waals surface area contributed by atoms with Crippen molar-refractivity contribution < 1.29 is 14.3 Å². The van der Waals surface area contributed by atoms with Crippen LogP contribution in [0.15, 0.2) is 30.3 Å². The van der Waals surface area contributed by atoms with Gasteiger partial charge in [-0.3, -0.25) is 0 Å². The molecule has 14 heavy (non-hydrogen) atoms. The lowest BCUT2D eigenvalue weighted by Crippen LogP contribution is -1.93. The molecule has 0 aromatic heterocycles. The number of carbonyl (C=O) groups excluding carboxylic acids is 1. The van der Waals surface area contributed by atoms with Gasteiger partial charge in [-0.15, -0.1) is 0 Å². The summed E-state index contributed by atoms with van der Waals surface area (Å²) in [7, 11) is 2.96. The molecule has 0 aliphatic rings. The molecule has 3 heteroatoms. The second-order valence-corrected chi connectivity index (χ2v) is 2.63. The molecular formula is C11H12O3. The Morgan fingerprint density at radius 2 is 1.86 bits per heavy atom. The van der Waals surface area contributed by atoms with Gasteiger partial charge in [0.2, 0.25) is 0 Å². The average molecular weight is 192 g/mol. The van der Waals surface area contributed by atoms with Crippen LogP contribution in [0.3, 0.4) is 0 Å². The first-order chi connectivity index (χ1) is 6.76. The number of ether oxygens (including phenoxy) is 2. The molecule has 0 aliphatic heterocycles. The topological polar surface area (TPSA) is 35.5 Å². The van der Waals surface area contributed by atoms with Crippen molar-refractivity contribution in [3.63, 3.8) is 0 Å². The Labute approximate surface area is 83.0 Å². The van der Waals surface area contributed by atoms with Gasteiger partial charge in [0.15, 0.2) is 0 Å². The molecule has 0 atom stereocenters. The van der Waals surface area contributed by atoms with E-state index in [1.807, 2.05) is 24.3 Å². The Kier molecular flexibility index (Phi) is 3.73. The van der Waals surface area contributed by atoms with Crippen molar-refractivity contribution in [1.82, 2.24) is 0 Å². The van der Waals surface area contributed by atoms with Crippen LogP contribution in [0.1, 0.15) is 5.56 Å². The minimum atomic E-state index is -0.360. The summed E-state index contributed by atoms with van der Waals surface area (Å²) in [5.41, 5.74) is 0.927. The van der Waals surface area contributed by atoms with Crippen molar-refractivity contribution in [2.75, 3.05) is 14.2 Å². The Morgan fingerprint density at radius 3 is 2.36 bits per heavy atom. The van der Waals surface area contributed by atoms with Crippen LogP contribution in [-0.2, 0) is 9.53 Å². The lowest BCUT2D eigenvalue weighted by atomic mass is 10.2. The van der Waals surface area contributed by atoms with Crippen molar-refractivity contribution in [2.24, 2.45) is 0 Å². The lowest BCUT2D eigenvalue weighted by Gasteiger charge is -1.98. The smallest absolute Gasteiger partial charge is 0.330 e. The average Bonchev–Trinajstić information content (AvgIpc) is 2.26. The molecule has 0 aliphatic carbocycles. The van der Waals surface area contributed by atoms with Crippen molar-refractivity contribution in [1.29, 1.82) is 0 Å².